The van der Waals surface area contributed by atoms with Crippen LogP contribution in [0.2, 0.25) is 5.02 Å². The number of rotatable bonds is 6. The smallest absolute Gasteiger partial charge is 0.103 e. The first-order valence-electron chi connectivity index (χ1n) is 5.58. The Bertz CT molecular complexity index is 403. The van der Waals surface area contributed by atoms with Crippen LogP contribution in [-0.4, -0.2) is 18.3 Å². The molecule has 0 bridgehead atoms. The number of nitriles is 1. The quantitative estimate of drug-likeness (QED) is 0.631. The summed E-state index contributed by atoms with van der Waals surface area (Å²) in [6.07, 6.45) is 1.86. The van der Waals surface area contributed by atoms with E-state index >= 15 is 0 Å². The van der Waals surface area contributed by atoms with Crippen LogP contribution in [0.25, 0.3) is 0 Å². The van der Waals surface area contributed by atoms with Crippen molar-refractivity contribution < 1.29 is 0 Å². The SMILES string of the molecule is CNC(C)(C#N)CCCSc1cccc(Cl)c1. The standard InChI is InChI=1S/C13H17ClN2S/c1-13(10-15,16-2)7-4-8-17-12-6-3-5-11(14)9-12/h3,5-6,9,16H,4,7-8H2,1-2H3. The van der Waals surface area contributed by atoms with Gasteiger partial charge in [-0.2, -0.15) is 5.26 Å². The fourth-order valence-corrected chi connectivity index (χ4v) is 2.57. The van der Waals surface area contributed by atoms with Gasteiger partial charge in [-0.25, -0.2) is 0 Å². The number of nitrogens with zero attached hydrogens (tertiary/aromatic N) is 1. The van der Waals surface area contributed by atoms with Crippen LogP contribution in [0.4, 0.5) is 0 Å². The van der Waals surface area contributed by atoms with Gasteiger partial charge in [0.25, 0.3) is 0 Å². The minimum absolute atomic E-state index is 0.408. The first kappa shape index (κ1) is 14.4. The number of thioether (sulfide) groups is 1. The van der Waals surface area contributed by atoms with E-state index in [2.05, 4.69) is 17.5 Å². The van der Waals surface area contributed by atoms with Crippen LogP contribution in [-0.2, 0) is 0 Å². The van der Waals surface area contributed by atoms with Gasteiger partial charge in [0, 0.05) is 9.92 Å². The molecular formula is C13H17ClN2S. The zero-order valence-electron chi connectivity index (χ0n) is 10.2. The Balaban J connectivity index is 2.32. The molecular weight excluding hydrogens is 252 g/mol. The highest BCUT2D eigenvalue weighted by Gasteiger charge is 2.19. The molecule has 4 heteroatoms. The summed E-state index contributed by atoms with van der Waals surface area (Å²) < 4.78 is 0. The maximum absolute atomic E-state index is 9.00. The third kappa shape index (κ3) is 4.99. The third-order valence-corrected chi connectivity index (χ3v) is 4.00. The second-order valence-corrected chi connectivity index (χ2v) is 5.71. The van der Waals surface area contributed by atoms with Gasteiger partial charge in [0.15, 0.2) is 0 Å². The number of halogens is 1. The van der Waals surface area contributed by atoms with Gasteiger partial charge in [-0.3, -0.25) is 0 Å². The van der Waals surface area contributed by atoms with Gasteiger partial charge in [-0.05, 0) is 50.8 Å². The normalized spacial score (nSPS) is 14.0. The number of hydrogen-bond donors (Lipinski definition) is 1. The zero-order valence-corrected chi connectivity index (χ0v) is 11.7. The van der Waals surface area contributed by atoms with Crippen molar-refractivity contribution in [1.29, 1.82) is 5.26 Å². The molecule has 0 aliphatic rings. The van der Waals surface area contributed by atoms with Gasteiger partial charge >= 0.3 is 0 Å². The lowest BCUT2D eigenvalue weighted by molar-refractivity contribution is 0.451. The lowest BCUT2D eigenvalue weighted by Crippen LogP contribution is -2.37. The van der Waals surface area contributed by atoms with E-state index in [1.54, 1.807) is 11.8 Å². The Labute approximate surface area is 112 Å². The van der Waals surface area contributed by atoms with E-state index in [1.807, 2.05) is 32.2 Å². The molecule has 0 aliphatic carbocycles. The van der Waals surface area contributed by atoms with E-state index in [-0.39, 0.29) is 0 Å². The highest BCUT2D eigenvalue weighted by molar-refractivity contribution is 7.99. The second-order valence-electron chi connectivity index (χ2n) is 4.10. The van der Waals surface area contributed by atoms with Crippen LogP contribution in [0.1, 0.15) is 19.8 Å². The average molecular weight is 269 g/mol. The van der Waals surface area contributed by atoms with Gasteiger partial charge in [0.1, 0.15) is 5.54 Å². The first-order chi connectivity index (χ1) is 8.09. The van der Waals surface area contributed by atoms with Crippen LogP contribution >= 0.6 is 23.4 Å². The zero-order chi connectivity index (χ0) is 12.7. The Morgan fingerprint density at radius 2 is 2.29 bits per heavy atom. The first-order valence-corrected chi connectivity index (χ1v) is 6.94. The summed E-state index contributed by atoms with van der Waals surface area (Å²) in [5, 5.41) is 12.8. The van der Waals surface area contributed by atoms with Crippen LogP contribution < -0.4 is 5.32 Å². The number of benzene rings is 1. The van der Waals surface area contributed by atoms with Crippen molar-refractivity contribution in [2.45, 2.75) is 30.2 Å². The highest BCUT2D eigenvalue weighted by Crippen LogP contribution is 2.23. The molecule has 0 heterocycles. The Morgan fingerprint density at radius 1 is 1.53 bits per heavy atom. The fraction of sp³-hybridized carbons (Fsp3) is 0.462. The average Bonchev–Trinajstić information content (AvgIpc) is 2.34. The molecule has 0 saturated heterocycles. The molecule has 1 aromatic carbocycles. The largest absolute Gasteiger partial charge is 0.303 e. The molecule has 1 N–H and O–H groups in total. The molecule has 0 amide bonds. The van der Waals surface area contributed by atoms with Crippen molar-refractivity contribution in [3.05, 3.63) is 29.3 Å². The minimum Gasteiger partial charge on any atom is -0.303 e. The van der Waals surface area contributed by atoms with Gasteiger partial charge < -0.3 is 5.32 Å². The van der Waals surface area contributed by atoms with Gasteiger partial charge in [-0.1, -0.05) is 17.7 Å². The summed E-state index contributed by atoms with van der Waals surface area (Å²) in [5.41, 5.74) is -0.408. The number of nitrogens with one attached hydrogen (secondary N) is 1. The molecule has 92 valence electrons. The Morgan fingerprint density at radius 3 is 2.88 bits per heavy atom. The van der Waals surface area contributed by atoms with Crippen molar-refractivity contribution in [2.24, 2.45) is 0 Å². The minimum atomic E-state index is -0.408. The van der Waals surface area contributed by atoms with E-state index in [1.165, 1.54) is 4.90 Å². The second kappa shape index (κ2) is 6.90. The van der Waals surface area contributed by atoms with E-state index in [9.17, 15) is 0 Å². The molecule has 0 aliphatic heterocycles. The molecule has 1 atom stereocenters. The van der Waals surface area contributed by atoms with E-state index in [4.69, 9.17) is 16.9 Å². The maximum atomic E-state index is 9.00. The molecule has 1 unspecified atom stereocenters. The van der Waals surface area contributed by atoms with Gasteiger partial charge in [-0.15, -0.1) is 11.8 Å². The maximum Gasteiger partial charge on any atom is 0.103 e. The fourth-order valence-electron chi connectivity index (χ4n) is 1.41. The molecule has 0 spiro atoms. The molecule has 2 nitrogen and oxygen atoms in total. The molecule has 1 aromatic rings. The third-order valence-electron chi connectivity index (χ3n) is 2.68. The summed E-state index contributed by atoms with van der Waals surface area (Å²) >= 11 is 7.68. The molecule has 1 rings (SSSR count). The highest BCUT2D eigenvalue weighted by atomic mass is 35.5. The summed E-state index contributed by atoms with van der Waals surface area (Å²) in [5.74, 6) is 0.999. The Hall–Kier alpha value is -0.690. The molecule has 0 saturated carbocycles. The summed E-state index contributed by atoms with van der Waals surface area (Å²) in [7, 11) is 1.83. The summed E-state index contributed by atoms with van der Waals surface area (Å²) in [6, 6.07) is 10.1. The monoisotopic (exact) mass is 268 g/mol. The van der Waals surface area contributed by atoms with Crippen molar-refractivity contribution in [1.82, 2.24) is 5.32 Å². The van der Waals surface area contributed by atoms with E-state index in [0.717, 1.165) is 23.6 Å². The van der Waals surface area contributed by atoms with Gasteiger partial charge in [0.2, 0.25) is 0 Å². The van der Waals surface area contributed by atoms with Gasteiger partial charge in [0.05, 0.1) is 6.07 Å². The van der Waals surface area contributed by atoms with Crippen LogP contribution in [0, 0.1) is 11.3 Å². The summed E-state index contributed by atoms with van der Waals surface area (Å²) in [6.45, 7) is 1.93. The van der Waals surface area contributed by atoms with Crippen molar-refractivity contribution in [2.75, 3.05) is 12.8 Å². The predicted octanol–water partition coefficient (Wildman–Crippen LogP) is 3.71. The van der Waals surface area contributed by atoms with Crippen molar-refractivity contribution in [3.63, 3.8) is 0 Å². The van der Waals surface area contributed by atoms with E-state index in [0.29, 0.717) is 0 Å². The lowest BCUT2D eigenvalue weighted by Gasteiger charge is -2.20. The van der Waals surface area contributed by atoms with Crippen molar-refractivity contribution >= 4 is 23.4 Å². The van der Waals surface area contributed by atoms with Crippen LogP contribution in [0.15, 0.2) is 29.2 Å². The molecule has 0 fully saturated rings. The Kier molecular flexibility index (Phi) is 5.84. The molecule has 17 heavy (non-hydrogen) atoms. The molecule has 0 aromatic heterocycles. The van der Waals surface area contributed by atoms with Crippen LogP contribution in [0.5, 0.6) is 0 Å². The topological polar surface area (TPSA) is 35.8 Å². The van der Waals surface area contributed by atoms with Crippen LogP contribution in [0.3, 0.4) is 0 Å². The summed E-state index contributed by atoms with van der Waals surface area (Å²) in [4.78, 5) is 1.18. The predicted molar refractivity (Wildman–Crippen MR) is 74.5 cm³/mol. The van der Waals surface area contributed by atoms with E-state index < -0.39 is 5.54 Å². The lowest BCUT2D eigenvalue weighted by atomic mass is 9.99. The number of hydrogen-bond acceptors (Lipinski definition) is 3. The molecule has 0 radical (unpaired) electrons. The van der Waals surface area contributed by atoms with Crippen molar-refractivity contribution in [3.8, 4) is 6.07 Å².